The lowest BCUT2D eigenvalue weighted by molar-refractivity contribution is -0.132. The van der Waals surface area contributed by atoms with Crippen molar-refractivity contribution < 1.29 is 22.4 Å². The third-order valence-electron chi connectivity index (χ3n) is 5.28. The van der Waals surface area contributed by atoms with Crippen molar-refractivity contribution in [3.05, 3.63) is 106 Å². The summed E-state index contributed by atoms with van der Waals surface area (Å²) in [6.45, 7) is 3.49. The second kappa shape index (κ2) is 12.0. The molecule has 3 rings (SSSR count). The maximum absolute atomic E-state index is 13.7. The second-order valence-electron chi connectivity index (χ2n) is 8.39. The summed E-state index contributed by atoms with van der Waals surface area (Å²) in [7, 11) is -4.20. The maximum atomic E-state index is 13.7. The number of halogens is 2. The minimum atomic E-state index is -4.20. The van der Waals surface area contributed by atoms with E-state index in [1.54, 1.807) is 68.4 Å². The van der Waals surface area contributed by atoms with Crippen LogP contribution in [0.2, 0.25) is 5.02 Å². The molecule has 6 nitrogen and oxygen atoms in total. The Hall–Kier alpha value is -3.49. The molecule has 0 heterocycles. The van der Waals surface area contributed by atoms with Crippen LogP contribution >= 0.6 is 11.6 Å². The van der Waals surface area contributed by atoms with E-state index in [9.17, 15) is 22.4 Å². The largest absolute Gasteiger partial charge is 0.309 e. The molecule has 0 radical (unpaired) electrons. The number of amides is 2. The Labute approximate surface area is 215 Å². The molecule has 0 saturated carbocycles. The minimum absolute atomic E-state index is 0.0897. The molecule has 9 heteroatoms. The van der Waals surface area contributed by atoms with Crippen molar-refractivity contribution in [1.82, 2.24) is 4.72 Å². The highest BCUT2D eigenvalue weighted by Crippen LogP contribution is 2.23. The van der Waals surface area contributed by atoms with Gasteiger partial charge in [-0.05, 0) is 73.9 Å². The zero-order valence-corrected chi connectivity index (χ0v) is 21.3. The van der Waals surface area contributed by atoms with Gasteiger partial charge in [0.1, 0.15) is 11.7 Å². The number of carbonyl (C=O) groups excluding carboxylic acids is 2. The van der Waals surface area contributed by atoms with Crippen molar-refractivity contribution in [3.8, 4) is 0 Å². The highest BCUT2D eigenvalue weighted by molar-refractivity contribution is 7.93. The molecular formula is C27H26ClFN2O4S. The zero-order valence-electron chi connectivity index (χ0n) is 19.8. The molecule has 1 unspecified atom stereocenters. The van der Waals surface area contributed by atoms with Crippen molar-refractivity contribution >= 4 is 45.2 Å². The van der Waals surface area contributed by atoms with Gasteiger partial charge in [-0.2, -0.15) is 0 Å². The SMILES string of the molecule is CC(C)N(C(=O)C(Cc1cccc(Cl)c1)C(=O)NS(=O)(=O)/C=C/c1ccccc1)c1ccc(F)cc1. The van der Waals surface area contributed by atoms with E-state index in [1.165, 1.54) is 35.2 Å². The van der Waals surface area contributed by atoms with Crippen LogP contribution in [-0.2, 0) is 26.0 Å². The summed E-state index contributed by atoms with van der Waals surface area (Å²) in [4.78, 5) is 28.3. The molecule has 3 aromatic rings. The molecular weight excluding hydrogens is 503 g/mol. The van der Waals surface area contributed by atoms with E-state index in [4.69, 9.17) is 11.6 Å². The summed E-state index contributed by atoms with van der Waals surface area (Å²) in [5, 5.41) is 1.29. The molecule has 0 fully saturated rings. The molecule has 1 N–H and O–H groups in total. The van der Waals surface area contributed by atoms with Gasteiger partial charge in [-0.25, -0.2) is 17.5 Å². The molecule has 0 aromatic heterocycles. The van der Waals surface area contributed by atoms with Crippen LogP contribution in [0.15, 0.2) is 84.3 Å². The molecule has 0 bridgehead atoms. The van der Waals surface area contributed by atoms with Crippen LogP contribution in [0.3, 0.4) is 0 Å². The fourth-order valence-electron chi connectivity index (χ4n) is 3.62. The number of hydrogen-bond donors (Lipinski definition) is 1. The first-order valence-corrected chi connectivity index (χ1v) is 13.1. The highest BCUT2D eigenvalue weighted by atomic mass is 35.5. The van der Waals surface area contributed by atoms with Crippen LogP contribution in [-0.4, -0.2) is 26.3 Å². The summed E-state index contributed by atoms with van der Waals surface area (Å²) in [6.07, 6.45) is 1.26. The van der Waals surface area contributed by atoms with Gasteiger partial charge in [-0.3, -0.25) is 9.59 Å². The number of rotatable bonds is 9. The fraction of sp³-hybridized carbons (Fsp3) is 0.185. The molecule has 0 aliphatic heterocycles. The smallest absolute Gasteiger partial charge is 0.257 e. The third kappa shape index (κ3) is 7.50. The number of sulfonamides is 1. The lowest BCUT2D eigenvalue weighted by Gasteiger charge is -2.30. The lowest BCUT2D eigenvalue weighted by Crippen LogP contribution is -2.48. The Morgan fingerprint density at radius 1 is 1.00 bits per heavy atom. The van der Waals surface area contributed by atoms with E-state index in [-0.39, 0.29) is 6.42 Å². The van der Waals surface area contributed by atoms with Crippen molar-refractivity contribution in [1.29, 1.82) is 0 Å². The minimum Gasteiger partial charge on any atom is -0.309 e. The van der Waals surface area contributed by atoms with E-state index in [0.29, 0.717) is 21.8 Å². The monoisotopic (exact) mass is 528 g/mol. The molecule has 36 heavy (non-hydrogen) atoms. The molecule has 0 aliphatic rings. The number of nitrogens with zero attached hydrogens (tertiary/aromatic N) is 1. The van der Waals surface area contributed by atoms with Gasteiger partial charge in [0, 0.05) is 16.8 Å². The van der Waals surface area contributed by atoms with Gasteiger partial charge < -0.3 is 4.90 Å². The van der Waals surface area contributed by atoms with Gasteiger partial charge in [0.2, 0.25) is 11.8 Å². The topological polar surface area (TPSA) is 83.6 Å². The first-order chi connectivity index (χ1) is 17.1. The molecule has 0 spiro atoms. The predicted octanol–water partition coefficient (Wildman–Crippen LogP) is 5.20. The second-order valence-corrected chi connectivity index (χ2v) is 10.4. The number of benzene rings is 3. The first-order valence-electron chi connectivity index (χ1n) is 11.2. The highest BCUT2D eigenvalue weighted by Gasteiger charge is 2.34. The zero-order chi connectivity index (χ0) is 26.3. The average Bonchev–Trinajstić information content (AvgIpc) is 2.83. The summed E-state index contributed by atoms with van der Waals surface area (Å²) in [5.41, 5.74) is 1.59. The molecule has 0 saturated heterocycles. The van der Waals surface area contributed by atoms with E-state index < -0.39 is 39.6 Å². The van der Waals surface area contributed by atoms with Gasteiger partial charge in [0.15, 0.2) is 0 Å². The van der Waals surface area contributed by atoms with Gasteiger partial charge >= 0.3 is 0 Å². The normalized spacial score (nSPS) is 12.5. The Bertz CT molecular complexity index is 1340. The van der Waals surface area contributed by atoms with E-state index in [1.807, 2.05) is 4.72 Å². The van der Waals surface area contributed by atoms with Crippen molar-refractivity contribution in [2.24, 2.45) is 5.92 Å². The number of hydrogen-bond acceptors (Lipinski definition) is 4. The van der Waals surface area contributed by atoms with E-state index >= 15 is 0 Å². The summed E-state index contributed by atoms with van der Waals surface area (Å²) >= 11 is 6.08. The van der Waals surface area contributed by atoms with Crippen molar-refractivity contribution in [3.63, 3.8) is 0 Å². The average molecular weight is 529 g/mol. The van der Waals surface area contributed by atoms with E-state index in [2.05, 4.69) is 0 Å². The Morgan fingerprint density at radius 2 is 1.67 bits per heavy atom. The van der Waals surface area contributed by atoms with E-state index in [0.717, 1.165) is 5.41 Å². The summed E-state index contributed by atoms with van der Waals surface area (Å²) in [5.74, 6) is -3.47. The maximum Gasteiger partial charge on any atom is 0.257 e. The number of carbonyl (C=O) groups is 2. The summed E-state index contributed by atoms with van der Waals surface area (Å²) in [6, 6.07) is 20.2. The molecule has 3 aromatic carbocycles. The van der Waals surface area contributed by atoms with Gasteiger partial charge in [0.05, 0.1) is 5.41 Å². The van der Waals surface area contributed by atoms with Crippen molar-refractivity contribution in [2.45, 2.75) is 26.3 Å². The predicted molar refractivity (Wildman–Crippen MR) is 140 cm³/mol. The molecule has 0 aliphatic carbocycles. The van der Waals surface area contributed by atoms with Crippen LogP contribution in [0.1, 0.15) is 25.0 Å². The quantitative estimate of drug-likeness (QED) is 0.387. The fourth-order valence-corrected chi connectivity index (χ4v) is 4.66. The van der Waals surface area contributed by atoms with Gasteiger partial charge in [-0.1, -0.05) is 54.1 Å². The van der Waals surface area contributed by atoms with Crippen LogP contribution in [0, 0.1) is 11.7 Å². The van der Waals surface area contributed by atoms with Crippen LogP contribution in [0.25, 0.3) is 6.08 Å². The first kappa shape index (κ1) is 27.1. The van der Waals surface area contributed by atoms with Crippen LogP contribution < -0.4 is 9.62 Å². The Balaban J connectivity index is 1.93. The number of nitrogens with one attached hydrogen (secondary N) is 1. The lowest BCUT2D eigenvalue weighted by atomic mass is 9.96. The van der Waals surface area contributed by atoms with Crippen LogP contribution in [0.4, 0.5) is 10.1 Å². The standard InChI is InChI=1S/C27H26ClFN2O4S/c1-19(2)31(24-13-11-23(29)12-14-24)27(33)25(18-21-9-6-10-22(28)17-21)26(32)30-36(34,35)16-15-20-7-4-3-5-8-20/h3-17,19,25H,18H2,1-2H3,(H,30,32)/b16-15+. The Morgan fingerprint density at radius 3 is 2.28 bits per heavy atom. The van der Waals surface area contributed by atoms with Crippen LogP contribution in [0.5, 0.6) is 0 Å². The summed E-state index contributed by atoms with van der Waals surface area (Å²) < 4.78 is 40.8. The third-order valence-corrected chi connectivity index (χ3v) is 6.50. The van der Waals surface area contributed by atoms with Gasteiger partial charge in [0.25, 0.3) is 10.0 Å². The van der Waals surface area contributed by atoms with Gasteiger partial charge in [-0.15, -0.1) is 0 Å². The molecule has 2 amide bonds. The molecule has 1 atom stereocenters. The molecule has 188 valence electrons. The Kier molecular flexibility index (Phi) is 9.01. The van der Waals surface area contributed by atoms with Crippen molar-refractivity contribution in [2.75, 3.05) is 4.90 Å². The number of anilines is 1.